The minimum atomic E-state index is 0.476. The lowest BCUT2D eigenvalue weighted by molar-refractivity contribution is 0.416. The number of methoxy groups -OCH3 is 1. The Balaban J connectivity index is 2.25. The highest BCUT2D eigenvalue weighted by molar-refractivity contribution is 6.31. The van der Waals surface area contributed by atoms with Crippen molar-refractivity contribution in [2.24, 2.45) is 0 Å². The minimum absolute atomic E-state index is 0.476. The van der Waals surface area contributed by atoms with Crippen molar-refractivity contribution in [2.45, 2.75) is 6.92 Å². The molecule has 2 N–H and O–H groups in total. The molecule has 2 rings (SSSR count). The van der Waals surface area contributed by atoms with Crippen molar-refractivity contribution in [3.8, 4) is 5.75 Å². The van der Waals surface area contributed by atoms with E-state index in [0.29, 0.717) is 23.3 Å². The molecule has 0 fully saturated rings. The van der Waals surface area contributed by atoms with Crippen LogP contribution < -0.4 is 15.4 Å². The SMILES string of the molecule is C=CCNc1ccnc(Nc2cc(C)c(Cl)cc2OC)n1. The first kappa shape index (κ1) is 15.1. The Kier molecular flexibility index (Phi) is 5.00. The van der Waals surface area contributed by atoms with Crippen LogP contribution in [0.25, 0.3) is 0 Å². The van der Waals surface area contributed by atoms with Gasteiger partial charge in [-0.3, -0.25) is 0 Å². The quantitative estimate of drug-likeness (QED) is 0.795. The van der Waals surface area contributed by atoms with Crippen molar-refractivity contribution in [3.05, 3.63) is 47.6 Å². The lowest BCUT2D eigenvalue weighted by Crippen LogP contribution is -2.04. The molecule has 0 saturated heterocycles. The Morgan fingerprint density at radius 1 is 1.43 bits per heavy atom. The maximum Gasteiger partial charge on any atom is 0.229 e. The zero-order chi connectivity index (χ0) is 15.2. The maximum absolute atomic E-state index is 6.09. The third-order valence-electron chi connectivity index (χ3n) is 2.81. The topological polar surface area (TPSA) is 59.1 Å². The standard InChI is InChI=1S/C15H17ClN4O/c1-4-6-17-14-5-7-18-15(20-14)19-12-8-10(2)11(16)9-13(12)21-3/h4-5,7-9H,1,6H2,2-3H3,(H2,17,18,19,20). The second-order valence-corrected chi connectivity index (χ2v) is 4.77. The maximum atomic E-state index is 6.09. The van der Waals surface area contributed by atoms with E-state index in [-0.39, 0.29) is 0 Å². The number of halogens is 1. The van der Waals surface area contributed by atoms with Crippen LogP contribution in [0.4, 0.5) is 17.5 Å². The molecular formula is C15H17ClN4O. The Hall–Kier alpha value is -2.27. The Morgan fingerprint density at radius 3 is 2.95 bits per heavy atom. The molecule has 0 atom stereocenters. The third kappa shape index (κ3) is 3.86. The number of nitrogens with zero attached hydrogens (tertiary/aromatic N) is 2. The lowest BCUT2D eigenvalue weighted by atomic mass is 10.2. The average Bonchev–Trinajstić information content (AvgIpc) is 2.49. The van der Waals surface area contributed by atoms with Crippen LogP contribution in [0.3, 0.4) is 0 Å². The molecule has 0 spiro atoms. The van der Waals surface area contributed by atoms with Gasteiger partial charge in [-0.15, -0.1) is 6.58 Å². The van der Waals surface area contributed by atoms with Crippen molar-refractivity contribution in [2.75, 3.05) is 24.3 Å². The largest absolute Gasteiger partial charge is 0.495 e. The van der Waals surface area contributed by atoms with Crippen molar-refractivity contribution in [1.29, 1.82) is 0 Å². The molecule has 0 aliphatic rings. The average molecular weight is 305 g/mol. The van der Waals surface area contributed by atoms with Gasteiger partial charge >= 0.3 is 0 Å². The Bertz CT molecular complexity index is 646. The fourth-order valence-electron chi connectivity index (χ4n) is 1.74. The van der Waals surface area contributed by atoms with E-state index in [1.54, 1.807) is 31.5 Å². The number of aryl methyl sites for hydroxylation is 1. The first-order valence-electron chi connectivity index (χ1n) is 6.43. The van der Waals surface area contributed by atoms with Crippen molar-refractivity contribution < 1.29 is 4.74 Å². The summed E-state index contributed by atoms with van der Waals surface area (Å²) in [7, 11) is 1.59. The van der Waals surface area contributed by atoms with E-state index in [1.165, 1.54) is 0 Å². The highest BCUT2D eigenvalue weighted by Gasteiger charge is 2.08. The van der Waals surface area contributed by atoms with E-state index in [0.717, 1.165) is 17.1 Å². The van der Waals surface area contributed by atoms with Crippen LogP contribution >= 0.6 is 11.6 Å². The molecule has 0 bridgehead atoms. The third-order valence-corrected chi connectivity index (χ3v) is 3.22. The molecule has 5 nitrogen and oxygen atoms in total. The molecular weight excluding hydrogens is 288 g/mol. The summed E-state index contributed by atoms with van der Waals surface area (Å²) < 4.78 is 5.32. The van der Waals surface area contributed by atoms with Crippen molar-refractivity contribution in [1.82, 2.24) is 9.97 Å². The fraction of sp³-hybridized carbons (Fsp3) is 0.200. The predicted molar refractivity (Wildman–Crippen MR) is 86.7 cm³/mol. The second-order valence-electron chi connectivity index (χ2n) is 4.36. The first-order chi connectivity index (χ1) is 10.1. The zero-order valence-electron chi connectivity index (χ0n) is 12.0. The van der Waals surface area contributed by atoms with E-state index in [9.17, 15) is 0 Å². The summed E-state index contributed by atoms with van der Waals surface area (Å²) in [5.41, 5.74) is 1.71. The molecule has 6 heteroatoms. The van der Waals surface area contributed by atoms with E-state index in [2.05, 4.69) is 27.2 Å². The molecule has 0 radical (unpaired) electrons. The van der Waals surface area contributed by atoms with Crippen LogP contribution in [-0.2, 0) is 0 Å². The highest BCUT2D eigenvalue weighted by Crippen LogP contribution is 2.32. The summed E-state index contributed by atoms with van der Waals surface area (Å²) in [6.45, 7) is 6.22. The van der Waals surface area contributed by atoms with Gasteiger partial charge in [0, 0.05) is 23.8 Å². The smallest absolute Gasteiger partial charge is 0.229 e. The van der Waals surface area contributed by atoms with E-state index in [4.69, 9.17) is 16.3 Å². The molecule has 1 heterocycles. The van der Waals surface area contributed by atoms with E-state index < -0.39 is 0 Å². The molecule has 0 unspecified atom stereocenters. The Labute approximate surface area is 129 Å². The fourth-order valence-corrected chi connectivity index (χ4v) is 1.90. The van der Waals surface area contributed by atoms with Crippen LogP contribution in [0.2, 0.25) is 5.02 Å². The summed E-state index contributed by atoms with van der Waals surface area (Å²) in [6.07, 6.45) is 3.44. The van der Waals surface area contributed by atoms with Gasteiger partial charge in [0.05, 0.1) is 12.8 Å². The van der Waals surface area contributed by atoms with Crippen LogP contribution in [0.15, 0.2) is 37.1 Å². The van der Waals surface area contributed by atoms with Gasteiger partial charge in [-0.05, 0) is 24.6 Å². The van der Waals surface area contributed by atoms with E-state index >= 15 is 0 Å². The number of nitrogens with one attached hydrogen (secondary N) is 2. The molecule has 110 valence electrons. The van der Waals surface area contributed by atoms with Crippen molar-refractivity contribution >= 4 is 29.1 Å². The molecule has 0 aliphatic heterocycles. The van der Waals surface area contributed by atoms with Gasteiger partial charge in [-0.1, -0.05) is 17.7 Å². The monoisotopic (exact) mass is 304 g/mol. The van der Waals surface area contributed by atoms with Crippen LogP contribution in [-0.4, -0.2) is 23.6 Å². The number of hydrogen-bond donors (Lipinski definition) is 2. The molecule has 21 heavy (non-hydrogen) atoms. The number of ether oxygens (including phenoxy) is 1. The van der Waals surface area contributed by atoms with Gasteiger partial charge in [0.25, 0.3) is 0 Å². The summed E-state index contributed by atoms with van der Waals surface area (Å²) >= 11 is 6.09. The molecule has 0 amide bonds. The van der Waals surface area contributed by atoms with Gasteiger partial charge in [-0.25, -0.2) is 4.98 Å². The van der Waals surface area contributed by atoms with Crippen LogP contribution in [0, 0.1) is 6.92 Å². The molecule has 0 aliphatic carbocycles. The van der Waals surface area contributed by atoms with E-state index in [1.807, 2.05) is 13.0 Å². The van der Waals surface area contributed by atoms with Gasteiger partial charge in [-0.2, -0.15) is 4.98 Å². The van der Waals surface area contributed by atoms with Gasteiger partial charge < -0.3 is 15.4 Å². The Morgan fingerprint density at radius 2 is 2.24 bits per heavy atom. The second kappa shape index (κ2) is 6.95. The first-order valence-corrected chi connectivity index (χ1v) is 6.81. The number of hydrogen-bond acceptors (Lipinski definition) is 5. The number of rotatable bonds is 6. The molecule has 1 aromatic carbocycles. The van der Waals surface area contributed by atoms with Gasteiger partial charge in [0.2, 0.25) is 5.95 Å². The highest BCUT2D eigenvalue weighted by atomic mass is 35.5. The normalized spacial score (nSPS) is 10.0. The minimum Gasteiger partial charge on any atom is -0.495 e. The van der Waals surface area contributed by atoms with Crippen molar-refractivity contribution in [3.63, 3.8) is 0 Å². The van der Waals surface area contributed by atoms with Crippen LogP contribution in [0.5, 0.6) is 5.75 Å². The number of aromatic nitrogens is 2. The molecule has 0 saturated carbocycles. The summed E-state index contributed by atoms with van der Waals surface area (Å²) in [5.74, 6) is 1.83. The zero-order valence-corrected chi connectivity index (χ0v) is 12.7. The van der Waals surface area contributed by atoms with Gasteiger partial charge in [0.1, 0.15) is 11.6 Å². The molecule has 2 aromatic rings. The number of benzene rings is 1. The predicted octanol–water partition coefficient (Wildman–Crippen LogP) is 3.79. The summed E-state index contributed by atoms with van der Waals surface area (Å²) in [4.78, 5) is 8.56. The summed E-state index contributed by atoms with van der Waals surface area (Å²) in [6, 6.07) is 5.45. The number of anilines is 3. The van der Waals surface area contributed by atoms with Crippen LogP contribution in [0.1, 0.15) is 5.56 Å². The summed E-state index contributed by atoms with van der Waals surface area (Å²) in [5, 5.41) is 6.90. The molecule has 1 aromatic heterocycles. The van der Waals surface area contributed by atoms with Gasteiger partial charge in [0.15, 0.2) is 0 Å². The lowest BCUT2D eigenvalue weighted by Gasteiger charge is -2.12.